The van der Waals surface area contributed by atoms with Gasteiger partial charge in [0.05, 0.1) is 18.7 Å². The van der Waals surface area contributed by atoms with E-state index in [4.69, 9.17) is 4.42 Å². The maximum atomic E-state index is 13.3. The lowest BCUT2D eigenvalue weighted by Gasteiger charge is -2.35. The molecule has 29 heavy (non-hydrogen) atoms. The molecule has 3 heterocycles. The van der Waals surface area contributed by atoms with Crippen LogP contribution in [-0.2, 0) is 4.79 Å². The third kappa shape index (κ3) is 4.23. The minimum atomic E-state index is -0.302. The Labute approximate surface area is 168 Å². The molecule has 3 aromatic rings. The number of benzene rings is 1. The van der Waals surface area contributed by atoms with E-state index < -0.39 is 0 Å². The molecule has 0 aliphatic carbocycles. The molecule has 1 aliphatic heterocycles. The number of amides is 2. The fourth-order valence-corrected chi connectivity index (χ4v) is 3.65. The lowest BCUT2D eigenvalue weighted by atomic mass is 10.0. The Balaban J connectivity index is 1.41. The van der Waals surface area contributed by atoms with Gasteiger partial charge in [-0.3, -0.25) is 9.59 Å². The summed E-state index contributed by atoms with van der Waals surface area (Å²) in [5, 5.41) is 0. The predicted octanol–water partition coefficient (Wildman–Crippen LogP) is 3.18. The van der Waals surface area contributed by atoms with Crippen LogP contribution in [0.15, 0.2) is 71.6 Å². The lowest BCUT2D eigenvalue weighted by molar-refractivity contribution is -0.133. The minimum Gasteiger partial charge on any atom is -0.459 e. The van der Waals surface area contributed by atoms with Gasteiger partial charge in [0.25, 0.3) is 5.91 Å². The molecule has 4 rings (SSSR count). The zero-order chi connectivity index (χ0) is 20.2. The summed E-state index contributed by atoms with van der Waals surface area (Å²) in [6.07, 6.45) is 5.55. The van der Waals surface area contributed by atoms with Crippen LogP contribution in [0.2, 0.25) is 0 Å². The van der Waals surface area contributed by atoms with Crippen molar-refractivity contribution in [1.82, 2.24) is 14.4 Å². The second-order valence-electron chi connectivity index (χ2n) is 7.05. The van der Waals surface area contributed by atoms with Crippen molar-refractivity contribution in [2.24, 2.45) is 0 Å². The molecule has 1 fully saturated rings. The first-order chi connectivity index (χ1) is 14.1. The average Bonchev–Trinajstić information content (AvgIpc) is 3.46. The van der Waals surface area contributed by atoms with Gasteiger partial charge in [-0.2, -0.15) is 0 Å². The third-order valence-electron chi connectivity index (χ3n) is 5.26. The van der Waals surface area contributed by atoms with Gasteiger partial charge in [0, 0.05) is 38.6 Å². The second kappa shape index (κ2) is 8.34. The number of carbonyl (C=O) groups is 2. The van der Waals surface area contributed by atoms with Crippen LogP contribution in [0.3, 0.4) is 0 Å². The Morgan fingerprint density at radius 2 is 1.59 bits per heavy atom. The maximum Gasteiger partial charge on any atom is 0.289 e. The van der Waals surface area contributed by atoms with Gasteiger partial charge in [-0.25, -0.2) is 4.39 Å². The number of halogens is 1. The van der Waals surface area contributed by atoms with Crippen LogP contribution in [0.1, 0.15) is 28.6 Å². The van der Waals surface area contributed by atoms with E-state index in [9.17, 15) is 14.0 Å². The van der Waals surface area contributed by atoms with Crippen molar-refractivity contribution in [3.8, 4) is 0 Å². The molecule has 2 aromatic heterocycles. The molecular formula is C22H22FN3O3. The fraction of sp³-hybridized carbons (Fsp3) is 0.273. The van der Waals surface area contributed by atoms with Crippen molar-refractivity contribution >= 4 is 11.8 Å². The molecule has 0 N–H and O–H groups in total. The van der Waals surface area contributed by atoms with Crippen molar-refractivity contribution in [3.05, 3.63) is 84.3 Å². The Kier molecular flexibility index (Phi) is 5.46. The number of aromatic nitrogens is 1. The standard InChI is InChI=1S/C22H22FN3O3/c23-18-7-5-17(6-8-18)19(24-9-1-2-10-24)16-21(27)25-11-13-26(14-12-25)22(28)20-4-3-15-29-20/h1-10,15,19H,11-14,16H2/t19-/m1/s1. The summed E-state index contributed by atoms with van der Waals surface area (Å²) in [5.74, 6) is -0.130. The highest BCUT2D eigenvalue weighted by atomic mass is 19.1. The Hall–Kier alpha value is -3.35. The molecule has 150 valence electrons. The number of piperazine rings is 1. The number of hydrogen-bond donors (Lipinski definition) is 0. The Morgan fingerprint density at radius 1 is 0.931 bits per heavy atom. The molecular weight excluding hydrogens is 373 g/mol. The van der Waals surface area contributed by atoms with Crippen molar-refractivity contribution in [3.63, 3.8) is 0 Å². The molecule has 0 bridgehead atoms. The van der Waals surface area contributed by atoms with Gasteiger partial charge in [-0.1, -0.05) is 12.1 Å². The summed E-state index contributed by atoms with van der Waals surface area (Å²) in [6, 6.07) is 13.2. The van der Waals surface area contributed by atoms with Crippen LogP contribution in [0.25, 0.3) is 0 Å². The molecule has 2 amide bonds. The fourth-order valence-electron chi connectivity index (χ4n) is 3.65. The van der Waals surface area contributed by atoms with E-state index in [0.717, 1.165) is 5.56 Å². The van der Waals surface area contributed by atoms with Crippen LogP contribution >= 0.6 is 0 Å². The number of furan rings is 1. The maximum absolute atomic E-state index is 13.3. The third-order valence-corrected chi connectivity index (χ3v) is 5.26. The predicted molar refractivity (Wildman–Crippen MR) is 105 cm³/mol. The summed E-state index contributed by atoms with van der Waals surface area (Å²) in [6.45, 7) is 1.90. The van der Waals surface area contributed by atoms with Crippen LogP contribution in [-0.4, -0.2) is 52.4 Å². The van der Waals surface area contributed by atoms with Gasteiger partial charge in [0.1, 0.15) is 5.82 Å². The summed E-state index contributed by atoms with van der Waals surface area (Å²) in [7, 11) is 0. The average molecular weight is 395 g/mol. The largest absolute Gasteiger partial charge is 0.459 e. The molecule has 0 saturated carbocycles. The van der Waals surface area contributed by atoms with Crippen LogP contribution in [0.5, 0.6) is 0 Å². The molecule has 1 aliphatic rings. The highest BCUT2D eigenvalue weighted by molar-refractivity contribution is 5.91. The van der Waals surface area contributed by atoms with Crippen molar-refractivity contribution < 1.29 is 18.4 Å². The zero-order valence-corrected chi connectivity index (χ0v) is 15.9. The van der Waals surface area contributed by atoms with Gasteiger partial charge in [-0.15, -0.1) is 0 Å². The van der Waals surface area contributed by atoms with Crippen molar-refractivity contribution in [1.29, 1.82) is 0 Å². The van der Waals surface area contributed by atoms with Crippen molar-refractivity contribution in [2.75, 3.05) is 26.2 Å². The summed E-state index contributed by atoms with van der Waals surface area (Å²) in [5.41, 5.74) is 0.877. The Morgan fingerprint density at radius 3 is 2.21 bits per heavy atom. The first kappa shape index (κ1) is 19.0. The van der Waals surface area contributed by atoms with E-state index in [-0.39, 0.29) is 30.1 Å². The van der Waals surface area contributed by atoms with Gasteiger partial charge in [-0.05, 0) is 42.0 Å². The van der Waals surface area contributed by atoms with Crippen LogP contribution < -0.4 is 0 Å². The molecule has 7 heteroatoms. The minimum absolute atomic E-state index is 0.0122. The molecule has 0 unspecified atom stereocenters. The molecule has 6 nitrogen and oxygen atoms in total. The summed E-state index contributed by atoms with van der Waals surface area (Å²) in [4.78, 5) is 28.8. The van der Waals surface area contributed by atoms with Crippen LogP contribution in [0.4, 0.5) is 4.39 Å². The first-order valence-electron chi connectivity index (χ1n) is 9.60. The molecule has 0 radical (unpaired) electrons. The van der Waals surface area contributed by atoms with Gasteiger partial charge in [0.15, 0.2) is 5.76 Å². The normalized spacial score (nSPS) is 15.3. The quantitative estimate of drug-likeness (QED) is 0.667. The van der Waals surface area contributed by atoms with Crippen molar-refractivity contribution in [2.45, 2.75) is 12.5 Å². The van der Waals surface area contributed by atoms with Gasteiger partial charge >= 0.3 is 0 Å². The monoisotopic (exact) mass is 395 g/mol. The van der Waals surface area contributed by atoms with E-state index in [1.807, 2.05) is 29.1 Å². The van der Waals surface area contributed by atoms with E-state index in [0.29, 0.717) is 31.9 Å². The SMILES string of the molecule is O=C(C[C@H](c1ccc(F)cc1)n1cccc1)N1CCN(C(=O)c2ccco2)CC1. The smallest absolute Gasteiger partial charge is 0.289 e. The van der Waals surface area contributed by atoms with E-state index in [1.165, 1.54) is 18.4 Å². The number of rotatable bonds is 5. The molecule has 0 spiro atoms. The van der Waals surface area contributed by atoms with Gasteiger partial charge < -0.3 is 18.8 Å². The molecule has 1 saturated heterocycles. The van der Waals surface area contributed by atoms with Gasteiger partial charge in [0.2, 0.25) is 5.91 Å². The molecule has 1 aromatic carbocycles. The number of carbonyl (C=O) groups excluding carboxylic acids is 2. The summed E-state index contributed by atoms with van der Waals surface area (Å²) < 4.78 is 20.5. The van der Waals surface area contributed by atoms with E-state index in [1.54, 1.807) is 34.1 Å². The number of hydrogen-bond acceptors (Lipinski definition) is 3. The number of nitrogens with zero attached hydrogens (tertiary/aromatic N) is 3. The zero-order valence-electron chi connectivity index (χ0n) is 15.9. The molecule has 1 atom stereocenters. The van der Waals surface area contributed by atoms with E-state index >= 15 is 0 Å². The highest BCUT2D eigenvalue weighted by Crippen LogP contribution is 2.24. The summed E-state index contributed by atoms with van der Waals surface area (Å²) >= 11 is 0. The Bertz CT molecular complexity index is 944. The first-order valence-corrected chi connectivity index (χ1v) is 9.60. The second-order valence-corrected chi connectivity index (χ2v) is 7.05. The van der Waals surface area contributed by atoms with Crippen LogP contribution in [0, 0.1) is 5.82 Å². The van der Waals surface area contributed by atoms with E-state index in [2.05, 4.69) is 0 Å². The lowest BCUT2D eigenvalue weighted by Crippen LogP contribution is -2.50. The topological polar surface area (TPSA) is 58.7 Å². The highest BCUT2D eigenvalue weighted by Gasteiger charge is 2.28.